The minimum Gasteiger partial charge on any atom is -0.132 e. The highest BCUT2D eigenvalue weighted by atomic mass is 79.9. The summed E-state index contributed by atoms with van der Waals surface area (Å²) in [5, 5.41) is 0.917. The van der Waals surface area contributed by atoms with Crippen molar-refractivity contribution in [3.63, 3.8) is 0 Å². The van der Waals surface area contributed by atoms with Gasteiger partial charge in [0.05, 0.1) is 15.9 Å². The zero-order valence-corrected chi connectivity index (χ0v) is 14.4. The average Bonchev–Trinajstić information content (AvgIpc) is 2.40. The van der Waals surface area contributed by atoms with E-state index in [-0.39, 0.29) is 4.57 Å². The van der Waals surface area contributed by atoms with Gasteiger partial charge in [-0.2, -0.15) is 0 Å². The molecule has 0 fully saturated rings. The SMILES string of the molecule is Cc1cc[n+](C(Br)(CCBr)[n+]2ccc(C)cc2)cc1. The molecule has 0 aliphatic carbocycles. The molecule has 0 spiro atoms. The van der Waals surface area contributed by atoms with Crippen LogP contribution in [-0.4, -0.2) is 5.33 Å². The highest BCUT2D eigenvalue weighted by molar-refractivity contribution is 9.09. The Morgan fingerprint density at radius 1 is 0.895 bits per heavy atom. The number of alkyl halides is 2. The van der Waals surface area contributed by atoms with E-state index in [4.69, 9.17) is 0 Å². The quantitative estimate of drug-likeness (QED) is 0.563. The fourth-order valence-corrected chi connectivity index (χ4v) is 3.73. The smallest absolute Gasteiger partial charge is 0.132 e. The first-order valence-electron chi connectivity index (χ1n) is 6.28. The number of rotatable bonds is 4. The zero-order chi connectivity index (χ0) is 13.9. The third kappa shape index (κ3) is 3.23. The molecule has 0 N–H and O–H groups in total. The second-order valence-corrected chi connectivity index (χ2v) is 6.79. The predicted octanol–water partition coefficient (Wildman–Crippen LogP) is 3.22. The Morgan fingerprint density at radius 3 is 1.58 bits per heavy atom. The number of aryl methyl sites for hydroxylation is 2. The highest BCUT2D eigenvalue weighted by Gasteiger charge is 2.45. The molecular formula is C15H18Br2N2+2. The van der Waals surface area contributed by atoms with Crippen LogP contribution in [0.1, 0.15) is 17.5 Å². The Hall–Kier alpha value is -0.740. The van der Waals surface area contributed by atoms with E-state index in [0.717, 1.165) is 11.8 Å². The molecule has 0 saturated carbocycles. The highest BCUT2D eigenvalue weighted by Crippen LogP contribution is 2.19. The molecule has 0 radical (unpaired) electrons. The van der Waals surface area contributed by atoms with E-state index >= 15 is 0 Å². The first-order chi connectivity index (χ1) is 9.06. The molecule has 2 aromatic heterocycles. The summed E-state index contributed by atoms with van der Waals surface area (Å²) in [4.78, 5) is 0. The molecule has 0 atom stereocenters. The van der Waals surface area contributed by atoms with Crippen molar-refractivity contribution in [2.75, 3.05) is 5.33 Å². The Balaban J connectivity index is 2.47. The zero-order valence-electron chi connectivity index (χ0n) is 11.2. The number of hydrogen-bond acceptors (Lipinski definition) is 0. The maximum atomic E-state index is 3.91. The molecule has 0 aliphatic rings. The van der Waals surface area contributed by atoms with Gasteiger partial charge in [-0.05, 0) is 25.0 Å². The molecule has 19 heavy (non-hydrogen) atoms. The van der Waals surface area contributed by atoms with Crippen molar-refractivity contribution < 1.29 is 9.13 Å². The van der Waals surface area contributed by atoms with Crippen molar-refractivity contribution in [2.45, 2.75) is 24.8 Å². The second-order valence-electron chi connectivity index (χ2n) is 4.72. The lowest BCUT2D eigenvalue weighted by molar-refractivity contribution is -0.961. The molecule has 4 heteroatoms. The maximum Gasteiger partial charge on any atom is 0.416 e. The van der Waals surface area contributed by atoms with Crippen molar-refractivity contribution >= 4 is 31.9 Å². The topological polar surface area (TPSA) is 7.76 Å². The summed E-state index contributed by atoms with van der Waals surface area (Å²) in [6.45, 7) is 4.20. The first kappa shape index (κ1) is 14.7. The van der Waals surface area contributed by atoms with Crippen LogP contribution in [0.5, 0.6) is 0 Å². The summed E-state index contributed by atoms with van der Waals surface area (Å²) < 4.78 is 4.10. The van der Waals surface area contributed by atoms with Crippen molar-refractivity contribution in [1.82, 2.24) is 0 Å². The molecular weight excluding hydrogens is 368 g/mol. The lowest BCUT2D eigenvalue weighted by Gasteiger charge is -2.16. The van der Waals surface area contributed by atoms with E-state index in [1.165, 1.54) is 11.1 Å². The Bertz CT molecular complexity index is 490. The van der Waals surface area contributed by atoms with Crippen LogP contribution < -0.4 is 9.13 Å². The lowest BCUT2D eigenvalue weighted by atomic mass is 10.2. The number of aromatic nitrogens is 2. The summed E-state index contributed by atoms with van der Waals surface area (Å²) >= 11 is 7.46. The molecule has 0 aromatic carbocycles. The molecule has 0 aliphatic heterocycles. The Labute approximate surface area is 131 Å². The summed E-state index contributed by atoms with van der Waals surface area (Å²) in [5.74, 6) is 0. The normalized spacial score (nSPS) is 11.6. The standard InChI is InChI=1S/C15H18Br2N2/c1-13-3-9-18(10-4-13)15(17,7-8-16)19-11-5-14(2)6-12-19/h3-6,9-12H,7-8H2,1-2H3/q+2. The van der Waals surface area contributed by atoms with Gasteiger partial charge in [0.25, 0.3) is 0 Å². The summed E-state index contributed by atoms with van der Waals surface area (Å²) in [6, 6.07) is 8.50. The van der Waals surface area contributed by atoms with E-state index in [0.29, 0.717) is 0 Å². The van der Waals surface area contributed by atoms with Crippen LogP contribution >= 0.6 is 31.9 Å². The van der Waals surface area contributed by atoms with Crippen LogP contribution in [0, 0.1) is 13.8 Å². The van der Waals surface area contributed by atoms with Crippen LogP contribution in [0.3, 0.4) is 0 Å². The van der Waals surface area contributed by atoms with Crippen molar-refractivity contribution in [3.8, 4) is 0 Å². The Kier molecular flexibility index (Phi) is 4.74. The number of nitrogens with zero attached hydrogens (tertiary/aromatic N) is 2. The first-order valence-corrected chi connectivity index (χ1v) is 8.19. The summed E-state index contributed by atoms with van der Waals surface area (Å²) in [5.41, 5.74) is 2.53. The molecule has 2 rings (SSSR count). The van der Waals surface area contributed by atoms with Gasteiger partial charge in [0, 0.05) is 29.6 Å². The van der Waals surface area contributed by atoms with Crippen LogP contribution in [0.2, 0.25) is 0 Å². The minimum absolute atomic E-state index is 0.280. The van der Waals surface area contributed by atoms with Gasteiger partial charge in [-0.25, -0.2) is 0 Å². The molecule has 0 bridgehead atoms. The maximum absolute atomic E-state index is 3.91. The van der Waals surface area contributed by atoms with Gasteiger partial charge >= 0.3 is 4.57 Å². The van der Waals surface area contributed by atoms with Gasteiger partial charge in [-0.1, -0.05) is 15.9 Å². The van der Waals surface area contributed by atoms with Gasteiger partial charge in [0.2, 0.25) is 0 Å². The number of halogens is 2. The molecule has 2 aromatic rings. The van der Waals surface area contributed by atoms with Crippen LogP contribution in [0.25, 0.3) is 0 Å². The van der Waals surface area contributed by atoms with Crippen LogP contribution in [-0.2, 0) is 4.57 Å². The molecule has 0 amide bonds. The summed E-state index contributed by atoms with van der Waals surface area (Å²) in [6.07, 6.45) is 9.38. The molecule has 2 nitrogen and oxygen atoms in total. The van der Waals surface area contributed by atoms with E-state index in [2.05, 4.69) is 104 Å². The van der Waals surface area contributed by atoms with E-state index in [9.17, 15) is 0 Å². The number of pyridine rings is 2. The third-order valence-corrected chi connectivity index (χ3v) is 4.81. The predicted molar refractivity (Wildman–Crippen MR) is 83.5 cm³/mol. The molecule has 2 heterocycles. The minimum atomic E-state index is -0.280. The van der Waals surface area contributed by atoms with Crippen LogP contribution in [0.15, 0.2) is 49.1 Å². The van der Waals surface area contributed by atoms with Crippen LogP contribution in [0.4, 0.5) is 0 Å². The monoisotopic (exact) mass is 384 g/mol. The van der Waals surface area contributed by atoms with E-state index in [1.807, 2.05) is 0 Å². The molecule has 100 valence electrons. The van der Waals surface area contributed by atoms with E-state index in [1.54, 1.807) is 0 Å². The third-order valence-electron chi connectivity index (χ3n) is 3.20. The molecule has 0 unspecified atom stereocenters. The van der Waals surface area contributed by atoms with Crippen molar-refractivity contribution in [2.24, 2.45) is 0 Å². The van der Waals surface area contributed by atoms with Crippen molar-refractivity contribution in [3.05, 3.63) is 60.2 Å². The van der Waals surface area contributed by atoms with Gasteiger partial charge in [-0.3, -0.25) is 0 Å². The van der Waals surface area contributed by atoms with E-state index < -0.39 is 0 Å². The van der Waals surface area contributed by atoms with Gasteiger partial charge in [0.1, 0.15) is 6.42 Å². The van der Waals surface area contributed by atoms with Gasteiger partial charge < -0.3 is 0 Å². The fourth-order valence-electron chi connectivity index (χ4n) is 1.97. The van der Waals surface area contributed by atoms with Crippen molar-refractivity contribution in [1.29, 1.82) is 0 Å². The average molecular weight is 386 g/mol. The lowest BCUT2D eigenvalue weighted by Crippen LogP contribution is -2.69. The molecule has 0 saturated heterocycles. The number of hydrogen-bond donors (Lipinski definition) is 0. The largest absolute Gasteiger partial charge is 0.416 e. The van der Waals surface area contributed by atoms with Gasteiger partial charge in [0.15, 0.2) is 24.8 Å². The second kappa shape index (κ2) is 6.14. The fraction of sp³-hybridized carbons (Fsp3) is 0.333. The Morgan fingerprint density at radius 2 is 1.26 bits per heavy atom. The summed E-state index contributed by atoms with van der Waals surface area (Å²) in [7, 11) is 0. The van der Waals surface area contributed by atoms with Gasteiger partial charge in [-0.15, -0.1) is 9.13 Å².